The molecule has 1 aliphatic rings. The third-order valence-electron chi connectivity index (χ3n) is 5.44. The Kier molecular flexibility index (Phi) is 13.3. The van der Waals surface area contributed by atoms with Crippen molar-refractivity contribution in [2.45, 2.75) is 109 Å². The molecule has 4 unspecified atom stereocenters. The van der Waals surface area contributed by atoms with Crippen LogP contribution >= 0.6 is 0 Å². The average molecular weight is 457 g/mol. The van der Waals surface area contributed by atoms with E-state index >= 15 is 0 Å². The Balaban J connectivity index is 2.28. The lowest BCUT2D eigenvalue weighted by molar-refractivity contribution is -0.172. The number of ether oxygens (including phenoxy) is 5. The van der Waals surface area contributed by atoms with Gasteiger partial charge < -0.3 is 34.1 Å². The lowest BCUT2D eigenvalue weighted by Gasteiger charge is -2.30. The number of hydrogen-bond donors (Lipinski definition) is 2. The number of carbonyl (C=O) groups is 1. The van der Waals surface area contributed by atoms with Crippen molar-refractivity contribution < 1.29 is 33.6 Å². The van der Waals surface area contributed by atoms with E-state index in [0.717, 1.165) is 19.3 Å². The Morgan fingerprint density at radius 1 is 1.06 bits per heavy atom. The van der Waals surface area contributed by atoms with E-state index in [0.29, 0.717) is 32.6 Å². The molecule has 1 amide bonds. The Bertz CT molecular complexity index is 532. The summed E-state index contributed by atoms with van der Waals surface area (Å²) in [4.78, 5) is 11.6. The van der Waals surface area contributed by atoms with E-state index < -0.39 is 29.9 Å². The van der Waals surface area contributed by atoms with E-state index in [1.54, 1.807) is 0 Å². The zero-order valence-corrected chi connectivity index (χ0v) is 20.9. The molecule has 2 N–H and O–H groups in total. The number of rotatable bonds is 17. The minimum absolute atomic E-state index is 0.0127. The summed E-state index contributed by atoms with van der Waals surface area (Å²) < 4.78 is 28.6. The predicted octanol–water partition coefficient (Wildman–Crippen LogP) is 2.30. The van der Waals surface area contributed by atoms with Crippen molar-refractivity contribution in [3.05, 3.63) is 0 Å². The quantitative estimate of drug-likeness (QED) is 0.197. The van der Waals surface area contributed by atoms with Crippen LogP contribution in [0.5, 0.6) is 0 Å². The van der Waals surface area contributed by atoms with Gasteiger partial charge in [0.1, 0.15) is 33.0 Å². The monoisotopic (exact) mass is 457 g/mol. The van der Waals surface area contributed by atoms with Gasteiger partial charge in [-0.15, -0.1) is 0 Å². The minimum atomic E-state index is -0.865. The molecule has 9 heteroatoms. The molecule has 0 aromatic rings. The zero-order chi connectivity index (χ0) is 24.2. The molecule has 2 radical (unpaired) electrons. The maximum Gasteiger partial charge on any atom is 0.219 e. The van der Waals surface area contributed by atoms with Crippen LogP contribution in [0.3, 0.4) is 0 Å². The molecular weight excluding hydrogens is 413 g/mol. The molecule has 4 atom stereocenters. The predicted molar refractivity (Wildman–Crippen MR) is 124 cm³/mol. The molecule has 8 nitrogen and oxygen atoms in total. The van der Waals surface area contributed by atoms with Crippen molar-refractivity contribution in [3.8, 4) is 0 Å². The Morgan fingerprint density at radius 2 is 1.75 bits per heavy atom. The fraction of sp³-hybridized carbons (Fsp3) is 0.957. The summed E-state index contributed by atoms with van der Waals surface area (Å²) in [6.07, 6.45) is 1.65. The third-order valence-corrected chi connectivity index (χ3v) is 5.44. The molecule has 0 saturated carbocycles. The number of amides is 1. The third kappa shape index (κ3) is 11.4. The normalized spacial score (nSPS) is 24.1. The standard InChI is InChI=1S/C23H44BNO7/c1-7-9-18(26)25-12-10-22(3,4)30-14-11-23(5,6)31-16-29-20-19(27)17(32-21(20)24)15-28-13-8-2/h17,19-21,27H,7-16H2,1-6H3,(H,25,26). The summed E-state index contributed by atoms with van der Waals surface area (Å²) in [6, 6.07) is -0.728. The Hall–Kier alpha value is -0.705. The van der Waals surface area contributed by atoms with E-state index in [1.165, 1.54) is 0 Å². The van der Waals surface area contributed by atoms with Crippen molar-refractivity contribution >= 4 is 13.8 Å². The number of carbonyl (C=O) groups excluding carboxylic acids is 1. The van der Waals surface area contributed by atoms with Crippen LogP contribution in [0.1, 0.15) is 73.6 Å². The molecule has 0 bridgehead atoms. The molecule has 1 heterocycles. The van der Waals surface area contributed by atoms with Crippen LogP contribution in [-0.4, -0.2) is 87.5 Å². The van der Waals surface area contributed by atoms with Gasteiger partial charge in [-0.2, -0.15) is 0 Å². The van der Waals surface area contributed by atoms with Gasteiger partial charge in [-0.25, -0.2) is 0 Å². The van der Waals surface area contributed by atoms with E-state index in [1.807, 2.05) is 41.5 Å². The fourth-order valence-corrected chi connectivity index (χ4v) is 3.25. The van der Waals surface area contributed by atoms with Crippen LogP contribution in [0.2, 0.25) is 0 Å². The van der Waals surface area contributed by atoms with Gasteiger partial charge >= 0.3 is 0 Å². The van der Waals surface area contributed by atoms with Crippen LogP contribution in [0.25, 0.3) is 0 Å². The summed E-state index contributed by atoms with van der Waals surface area (Å²) >= 11 is 0. The van der Waals surface area contributed by atoms with Crippen molar-refractivity contribution in [2.24, 2.45) is 0 Å². The Labute approximate surface area is 195 Å². The SMILES string of the molecule is [B]C1OC(COCCC)C(O)C1OCOC(C)(C)CCOC(C)(C)CCNC(=O)CCC. The van der Waals surface area contributed by atoms with E-state index in [2.05, 4.69) is 5.32 Å². The molecule has 0 aliphatic carbocycles. The molecule has 0 spiro atoms. The van der Waals surface area contributed by atoms with E-state index in [9.17, 15) is 9.90 Å². The summed E-state index contributed by atoms with van der Waals surface area (Å²) in [5, 5.41) is 13.3. The molecule has 0 aromatic heterocycles. The summed E-state index contributed by atoms with van der Waals surface area (Å²) in [5.74, 6) is 0.0788. The Morgan fingerprint density at radius 3 is 2.41 bits per heavy atom. The zero-order valence-electron chi connectivity index (χ0n) is 20.9. The molecular formula is C23H44BNO7. The van der Waals surface area contributed by atoms with Gasteiger partial charge in [-0.05, 0) is 53.4 Å². The molecule has 0 aromatic carbocycles. The first-order valence-electron chi connectivity index (χ1n) is 11.8. The van der Waals surface area contributed by atoms with Gasteiger partial charge in [-0.3, -0.25) is 4.79 Å². The lowest BCUT2D eigenvalue weighted by Crippen LogP contribution is -2.39. The van der Waals surface area contributed by atoms with Gasteiger partial charge in [0.15, 0.2) is 0 Å². The van der Waals surface area contributed by atoms with E-state index in [4.69, 9.17) is 31.5 Å². The van der Waals surface area contributed by atoms with Crippen LogP contribution in [-0.2, 0) is 28.5 Å². The number of nitrogens with one attached hydrogen (secondary N) is 1. The maximum atomic E-state index is 11.6. The summed E-state index contributed by atoms with van der Waals surface area (Å²) in [6.45, 7) is 13.9. The first-order valence-corrected chi connectivity index (χ1v) is 11.8. The molecule has 1 fully saturated rings. The largest absolute Gasteiger partial charge is 0.388 e. The smallest absolute Gasteiger partial charge is 0.219 e. The molecule has 1 rings (SSSR count). The second-order valence-electron chi connectivity index (χ2n) is 9.57. The summed E-state index contributed by atoms with van der Waals surface area (Å²) in [7, 11) is 5.95. The highest BCUT2D eigenvalue weighted by molar-refractivity contribution is 6.11. The first kappa shape index (κ1) is 29.3. The van der Waals surface area contributed by atoms with Gasteiger partial charge in [0.05, 0.1) is 24.4 Å². The van der Waals surface area contributed by atoms with Crippen molar-refractivity contribution in [3.63, 3.8) is 0 Å². The highest BCUT2D eigenvalue weighted by Crippen LogP contribution is 2.24. The average Bonchev–Trinajstić information content (AvgIpc) is 2.95. The van der Waals surface area contributed by atoms with E-state index in [-0.39, 0.29) is 24.9 Å². The minimum Gasteiger partial charge on any atom is -0.388 e. The van der Waals surface area contributed by atoms with Gasteiger partial charge in [-0.1, -0.05) is 13.8 Å². The number of aliphatic hydroxyl groups is 1. The molecule has 1 aliphatic heterocycles. The van der Waals surface area contributed by atoms with Gasteiger partial charge in [0, 0.05) is 25.6 Å². The number of hydrogen-bond acceptors (Lipinski definition) is 7. The molecule has 32 heavy (non-hydrogen) atoms. The lowest BCUT2D eigenvalue weighted by atomic mass is 9.93. The molecule has 1 saturated heterocycles. The van der Waals surface area contributed by atoms with Crippen LogP contribution in [0.4, 0.5) is 0 Å². The highest BCUT2D eigenvalue weighted by Gasteiger charge is 2.42. The summed E-state index contributed by atoms with van der Waals surface area (Å²) in [5.41, 5.74) is -0.831. The number of aliphatic hydroxyl groups excluding tert-OH is 1. The fourth-order valence-electron chi connectivity index (χ4n) is 3.25. The van der Waals surface area contributed by atoms with Crippen molar-refractivity contribution in [2.75, 3.05) is 33.2 Å². The van der Waals surface area contributed by atoms with Gasteiger partial charge in [0.2, 0.25) is 5.91 Å². The van der Waals surface area contributed by atoms with Crippen molar-refractivity contribution in [1.29, 1.82) is 0 Å². The van der Waals surface area contributed by atoms with Crippen molar-refractivity contribution in [1.82, 2.24) is 5.32 Å². The first-order chi connectivity index (χ1) is 15.0. The van der Waals surface area contributed by atoms with Crippen LogP contribution < -0.4 is 5.32 Å². The maximum absolute atomic E-state index is 11.6. The topological polar surface area (TPSA) is 95.5 Å². The van der Waals surface area contributed by atoms with Crippen LogP contribution in [0.15, 0.2) is 0 Å². The second-order valence-corrected chi connectivity index (χ2v) is 9.57. The second kappa shape index (κ2) is 14.5. The van der Waals surface area contributed by atoms with Gasteiger partial charge in [0.25, 0.3) is 0 Å². The molecule has 186 valence electrons. The highest BCUT2D eigenvalue weighted by atomic mass is 16.7. The van der Waals surface area contributed by atoms with Crippen LogP contribution in [0, 0.1) is 0 Å².